The first-order valence-electron chi connectivity index (χ1n) is 8.22. The molecule has 2 aromatic carbocycles. The first-order valence-corrected chi connectivity index (χ1v) is 8.22. The Morgan fingerprint density at radius 1 is 0.962 bits per heavy atom. The van der Waals surface area contributed by atoms with Crippen molar-refractivity contribution in [2.45, 2.75) is 13.8 Å². The number of amides is 2. The standard InChI is InChI=1S/C19H20N2O5/c1-12-3-5-15(9-13(12)2)26-11-18(22)20-21-19(23)14-4-6-16-17(10-14)25-8-7-24-16/h3-6,9-10H,7-8,11H2,1-2H3,(H,20,22)(H,21,23). The predicted octanol–water partition coefficient (Wildman–Crippen LogP) is 1.91. The normalized spacial score (nSPS) is 12.2. The van der Waals surface area contributed by atoms with Gasteiger partial charge >= 0.3 is 0 Å². The largest absolute Gasteiger partial charge is 0.486 e. The monoisotopic (exact) mass is 356 g/mol. The molecule has 2 amide bonds. The summed E-state index contributed by atoms with van der Waals surface area (Å²) in [5.74, 6) is 0.781. The Bertz CT molecular complexity index is 835. The summed E-state index contributed by atoms with van der Waals surface area (Å²) >= 11 is 0. The SMILES string of the molecule is Cc1ccc(OCC(=O)NNC(=O)c2ccc3c(c2)OCCO3)cc1C. The van der Waals surface area contributed by atoms with Crippen molar-refractivity contribution in [3.63, 3.8) is 0 Å². The van der Waals surface area contributed by atoms with Crippen molar-refractivity contribution in [2.24, 2.45) is 0 Å². The molecule has 0 atom stereocenters. The van der Waals surface area contributed by atoms with E-state index in [-0.39, 0.29) is 6.61 Å². The molecule has 0 saturated carbocycles. The van der Waals surface area contributed by atoms with Gasteiger partial charge in [-0.1, -0.05) is 6.07 Å². The molecule has 7 heteroatoms. The molecule has 2 aromatic rings. The van der Waals surface area contributed by atoms with Crippen LogP contribution in [0.5, 0.6) is 17.2 Å². The second-order valence-corrected chi connectivity index (χ2v) is 5.90. The number of rotatable bonds is 4. The van der Waals surface area contributed by atoms with Gasteiger partial charge in [-0.25, -0.2) is 0 Å². The third kappa shape index (κ3) is 4.24. The maximum Gasteiger partial charge on any atom is 0.276 e. The number of carbonyl (C=O) groups is 2. The Morgan fingerprint density at radius 2 is 1.73 bits per heavy atom. The van der Waals surface area contributed by atoms with Crippen LogP contribution in [0.2, 0.25) is 0 Å². The Labute approximate surface area is 151 Å². The molecule has 7 nitrogen and oxygen atoms in total. The first kappa shape index (κ1) is 17.6. The Balaban J connectivity index is 1.49. The number of hydrogen-bond donors (Lipinski definition) is 2. The highest BCUT2D eigenvalue weighted by molar-refractivity contribution is 5.96. The molecule has 0 bridgehead atoms. The quantitative estimate of drug-likeness (QED) is 0.818. The molecular formula is C19H20N2O5. The van der Waals surface area contributed by atoms with E-state index in [9.17, 15) is 9.59 Å². The fourth-order valence-electron chi connectivity index (χ4n) is 2.37. The van der Waals surface area contributed by atoms with Crippen molar-refractivity contribution in [2.75, 3.05) is 19.8 Å². The van der Waals surface area contributed by atoms with Gasteiger partial charge < -0.3 is 14.2 Å². The van der Waals surface area contributed by atoms with Crippen molar-refractivity contribution in [3.05, 3.63) is 53.1 Å². The lowest BCUT2D eigenvalue weighted by Crippen LogP contribution is -2.43. The molecule has 1 aliphatic heterocycles. The van der Waals surface area contributed by atoms with Crippen LogP contribution in [0.4, 0.5) is 0 Å². The summed E-state index contributed by atoms with van der Waals surface area (Å²) < 4.78 is 16.3. The average Bonchev–Trinajstić information content (AvgIpc) is 2.66. The fourth-order valence-corrected chi connectivity index (χ4v) is 2.37. The van der Waals surface area contributed by atoms with Crippen LogP contribution in [0.1, 0.15) is 21.5 Å². The van der Waals surface area contributed by atoms with Crippen molar-refractivity contribution in [1.29, 1.82) is 0 Å². The molecule has 0 radical (unpaired) electrons. The predicted molar refractivity (Wildman–Crippen MR) is 94.5 cm³/mol. The first-order chi connectivity index (χ1) is 12.5. The van der Waals surface area contributed by atoms with Crippen LogP contribution in [-0.4, -0.2) is 31.6 Å². The van der Waals surface area contributed by atoms with Gasteiger partial charge in [0.15, 0.2) is 18.1 Å². The number of nitrogens with one attached hydrogen (secondary N) is 2. The highest BCUT2D eigenvalue weighted by atomic mass is 16.6. The molecule has 26 heavy (non-hydrogen) atoms. The minimum absolute atomic E-state index is 0.204. The number of carbonyl (C=O) groups excluding carboxylic acids is 2. The number of fused-ring (bicyclic) bond motifs is 1. The summed E-state index contributed by atoms with van der Waals surface area (Å²) in [6.07, 6.45) is 0. The lowest BCUT2D eigenvalue weighted by molar-refractivity contribution is -0.123. The molecule has 1 aliphatic rings. The molecule has 2 N–H and O–H groups in total. The summed E-state index contributed by atoms with van der Waals surface area (Å²) in [5, 5.41) is 0. The minimum atomic E-state index is -0.464. The summed E-state index contributed by atoms with van der Waals surface area (Å²) in [5.41, 5.74) is 7.25. The number of hydrazine groups is 1. The zero-order valence-electron chi connectivity index (χ0n) is 14.6. The number of hydrogen-bond acceptors (Lipinski definition) is 5. The highest BCUT2D eigenvalue weighted by Gasteiger charge is 2.15. The summed E-state index contributed by atoms with van der Waals surface area (Å²) in [7, 11) is 0. The van der Waals surface area contributed by atoms with E-state index in [0.717, 1.165) is 11.1 Å². The Hall–Kier alpha value is -3.22. The van der Waals surface area contributed by atoms with E-state index in [1.807, 2.05) is 26.0 Å². The van der Waals surface area contributed by atoms with Gasteiger partial charge in [0.1, 0.15) is 19.0 Å². The number of ether oxygens (including phenoxy) is 3. The molecule has 3 rings (SSSR count). The van der Waals surface area contributed by atoms with E-state index < -0.39 is 11.8 Å². The number of aryl methyl sites for hydroxylation is 2. The van der Waals surface area contributed by atoms with Crippen LogP contribution in [0, 0.1) is 13.8 Å². The van der Waals surface area contributed by atoms with Crippen molar-refractivity contribution < 1.29 is 23.8 Å². The second kappa shape index (κ2) is 7.77. The van der Waals surface area contributed by atoms with E-state index in [4.69, 9.17) is 14.2 Å². The molecule has 0 fully saturated rings. The van der Waals surface area contributed by atoms with E-state index >= 15 is 0 Å². The Kier molecular flexibility index (Phi) is 5.26. The van der Waals surface area contributed by atoms with Gasteiger partial charge in [0.2, 0.25) is 0 Å². The third-order valence-corrected chi connectivity index (χ3v) is 3.97. The molecule has 1 heterocycles. The van der Waals surface area contributed by atoms with Crippen LogP contribution >= 0.6 is 0 Å². The smallest absolute Gasteiger partial charge is 0.276 e. The van der Waals surface area contributed by atoms with Crippen molar-refractivity contribution >= 4 is 11.8 Å². The summed E-state index contributed by atoms with van der Waals surface area (Å²) in [6, 6.07) is 10.4. The van der Waals surface area contributed by atoms with Gasteiger partial charge in [-0.3, -0.25) is 20.4 Å². The molecule has 0 saturated heterocycles. The zero-order chi connectivity index (χ0) is 18.5. The van der Waals surface area contributed by atoms with Crippen molar-refractivity contribution in [1.82, 2.24) is 10.9 Å². The van der Waals surface area contributed by atoms with Crippen LogP contribution in [0.3, 0.4) is 0 Å². The maximum atomic E-state index is 12.1. The molecule has 0 aliphatic carbocycles. The molecule has 0 unspecified atom stereocenters. The van der Waals surface area contributed by atoms with Crippen LogP contribution in [0.15, 0.2) is 36.4 Å². The maximum absolute atomic E-state index is 12.1. The van der Waals surface area contributed by atoms with E-state index in [1.165, 1.54) is 0 Å². The highest BCUT2D eigenvalue weighted by Crippen LogP contribution is 2.30. The fraction of sp³-hybridized carbons (Fsp3) is 0.263. The number of benzene rings is 2. The van der Waals surface area contributed by atoms with Gasteiger partial charge in [-0.05, 0) is 55.3 Å². The lowest BCUT2D eigenvalue weighted by atomic mass is 10.1. The van der Waals surface area contributed by atoms with Gasteiger partial charge in [0.05, 0.1) is 0 Å². The van der Waals surface area contributed by atoms with Crippen LogP contribution in [0.25, 0.3) is 0 Å². The Morgan fingerprint density at radius 3 is 2.50 bits per heavy atom. The van der Waals surface area contributed by atoms with Gasteiger partial charge in [0.25, 0.3) is 11.8 Å². The van der Waals surface area contributed by atoms with E-state index in [1.54, 1.807) is 24.3 Å². The van der Waals surface area contributed by atoms with Gasteiger partial charge in [0, 0.05) is 5.56 Å². The topological polar surface area (TPSA) is 85.9 Å². The molecular weight excluding hydrogens is 336 g/mol. The summed E-state index contributed by atoms with van der Waals surface area (Å²) in [4.78, 5) is 24.0. The van der Waals surface area contributed by atoms with E-state index in [2.05, 4.69) is 10.9 Å². The third-order valence-electron chi connectivity index (χ3n) is 3.97. The molecule has 136 valence electrons. The van der Waals surface area contributed by atoms with Crippen molar-refractivity contribution in [3.8, 4) is 17.2 Å². The van der Waals surface area contributed by atoms with E-state index in [0.29, 0.717) is 36.0 Å². The zero-order valence-corrected chi connectivity index (χ0v) is 14.6. The second-order valence-electron chi connectivity index (χ2n) is 5.90. The van der Waals surface area contributed by atoms with Gasteiger partial charge in [-0.2, -0.15) is 0 Å². The molecule has 0 spiro atoms. The lowest BCUT2D eigenvalue weighted by Gasteiger charge is -2.18. The average molecular weight is 356 g/mol. The van der Waals surface area contributed by atoms with Gasteiger partial charge in [-0.15, -0.1) is 0 Å². The summed E-state index contributed by atoms with van der Waals surface area (Å²) in [6.45, 7) is 4.68. The minimum Gasteiger partial charge on any atom is -0.486 e. The van der Waals surface area contributed by atoms with Crippen LogP contribution < -0.4 is 25.1 Å². The van der Waals surface area contributed by atoms with Crippen LogP contribution in [-0.2, 0) is 4.79 Å². The molecule has 0 aromatic heterocycles.